The third-order valence-corrected chi connectivity index (χ3v) is 5.49. The quantitative estimate of drug-likeness (QED) is 0.588. The molecule has 4 nitrogen and oxygen atoms in total. The molecule has 0 spiro atoms. The summed E-state index contributed by atoms with van der Waals surface area (Å²) in [6.45, 7) is 0.137. The molecule has 1 N–H and O–H groups in total. The number of hydrogen-bond donors (Lipinski definition) is 1. The second-order valence-corrected chi connectivity index (χ2v) is 7.64. The predicted molar refractivity (Wildman–Crippen MR) is 98.8 cm³/mol. The summed E-state index contributed by atoms with van der Waals surface area (Å²) in [4.78, 5) is 11.2. The summed E-state index contributed by atoms with van der Waals surface area (Å²) in [7, 11) is 0. The highest BCUT2D eigenvalue weighted by Gasteiger charge is 2.47. The normalized spacial score (nSPS) is 19.2. The Hall–Kier alpha value is -2.25. The molecule has 1 heterocycles. The van der Waals surface area contributed by atoms with Crippen LogP contribution >= 0.6 is 23.2 Å². The fraction of sp³-hybridized carbons (Fsp3) is 0.263. The summed E-state index contributed by atoms with van der Waals surface area (Å²) in [6, 6.07) is 8.25. The molecule has 0 amide bonds. The van der Waals surface area contributed by atoms with Gasteiger partial charge in [0, 0.05) is 21.3 Å². The first-order valence-corrected chi connectivity index (χ1v) is 9.15. The molecule has 146 valence electrons. The van der Waals surface area contributed by atoms with Crippen LogP contribution in [0.15, 0.2) is 36.4 Å². The number of aliphatic carboxylic acids is 1. The van der Waals surface area contributed by atoms with Crippen LogP contribution < -0.4 is 0 Å². The second kappa shape index (κ2) is 6.67. The number of hydrogen-bond acceptors (Lipinski definition) is 2. The Labute approximate surface area is 167 Å². The lowest BCUT2D eigenvalue weighted by molar-refractivity contribution is -0.139. The molecule has 0 bridgehead atoms. The number of halogens is 5. The van der Waals surface area contributed by atoms with Gasteiger partial charge < -0.3 is 5.11 Å². The third kappa shape index (κ3) is 3.44. The molecular formula is C19H13Cl2F3N2O2. The molecule has 2 aromatic carbocycles. The van der Waals surface area contributed by atoms with Crippen molar-refractivity contribution in [1.29, 1.82) is 0 Å². The summed E-state index contributed by atoms with van der Waals surface area (Å²) in [5.74, 6) is -1.80. The van der Waals surface area contributed by atoms with Crippen molar-refractivity contribution in [3.8, 4) is 0 Å². The summed E-state index contributed by atoms with van der Waals surface area (Å²) < 4.78 is 41.0. The number of fused-ring (bicyclic) bond motifs is 1. The number of carbonyl (C=O) groups is 1. The van der Waals surface area contributed by atoms with E-state index in [4.69, 9.17) is 23.2 Å². The predicted octanol–water partition coefficient (Wildman–Crippen LogP) is 5.60. The van der Waals surface area contributed by atoms with Gasteiger partial charge in [-0.1, -0.05) is 35.3 Å². The maximum Gasteiger partial charge on any atom is 0.416 e. The summed E-state index contributed by atoms with van der Waals surface area (Å²) in [5.41, 5.74) is 0.638. The Morgan fingerprint density at radius 2 is 1.96 bits per heavy atom. The van der Waals surface area contributed by atoms with E-state index in [1.165, 1.54) is 10.7 Å². The van der Waals surface area contributed by atoms with Crippen molar-refractivity contribution in [1.82, 2.24) is 9.78 Å². The van der Waals surface area contributed by atoms with E-state index in [-0.39, 0.29) is 18.0 Å². The van der Waals surface area contributed by atoms with Crippen molar-refractivity contribution < 1.29 is 23.1 Å². The number of nitrogens with zero attached hydrogens (tertiary/aromatic N) is 2. The highest BCUT2D eigenvalue weighted by Crippen LogP contribution is 2.49. The van der Waals surface area contributed by atoms with Crippen LogP contribution in [0.25, 0.3) is 10.9 Å². The fourth-order valence-electron chi connectivity index (χ4n) is 3.35. The monoisotopic (exact) mass is 428 g/mol. The number of carboxylic acids is 1. The average Bonchev–Trinajstić information content (AvgIpc) is 3.33. The third-order valence-electron chi connectivity index (χ3n) is 4.90. The van der Waals surface area contributed by atoms with E-state index in [2.05, 4.69) is 5.10 Å². The lowest BCUT2D eigenvalue weighted by atomic mass is 10.1. The molecule has 28 heavy (non-hydrogen) atoms. The van der Waals surface area contributed by atoms with Crippen LogP contribution in [0.5, 0.6) is 0 Å². The Kier molecular flexibility index (Phi) is 4.55. The van der Waals surface area contributed by atoms with E-state index in [0.717, 1.165) is 12.1 Å². The first kappa shape index (κ1) is 19.1. The molecule has 1 aliphatic rings. The minimum absolute atomic E-state index is 0.137. The molecule has 9 heteroatoms. The smallest absolute Gasteiger partial charge is 0.416 e. The fourth-order valence-corrected chi connectivity index (χ4v) is 3.82. The molecular weight excluding hydrogens is 416 g/mol. The number of carboxylic acid groups (broad SMARTS) is 1. The molecule has 0 radical (unpaired) electrons. The maximum atomic E-state index is 13.2. The SMILES string of the molecule is O=C(O)C1CC1c1nn(Cc2ccc(Cl)cc2Cl)c2cc(C(F)(F)F)ccc12. The minimum atomic E-state index is -4.50. The van der Waals surface area contributed by atoms with Crippen LogP contribution in [0.4, 0.5) is 13.2 Å². The van der Waals surface area contributed by atoms with E-state index in [1.54, 1.807) is 18.2 Å². The standard InChI is InChI=1S/C19H13Cl2F3N2O2/c20-11-3-1-9(15(21)6-11)8-26-16-5-10(19(22,23)24)2-4-12(16)17(25-26)13-7-14(13)18(27)28/h1-6,13-14H,7-8H2,(H,27,28). The molecule has 1 fully saturated rings. The Bertz CT molecular complexity index is 1090. The second-order valence-electron chi connectivity index (χ2n) is 6.80. The average molecular weight is 429 g/mol. The highest BCUT2D eigenvalue weighted by atomic mass is 35.5. The summed E-state index contributed by atoms with van der Waals surface area (Å²) in [6.07, 6.45) is -4.07. The van der Waals surface area contributed by atoms with Crippen LogP contribution in [0, 0.1) is 5.92 Å². The van der Waals surface area contributed by atoms with Gasteiger partial charge in [-0.05, 0) is 36.2 Å². The van der Waals surface area contributed by atoms with Crippen molar-refractivity contribution in [2.45, 2.75) is 25.1 Å². The van der Waals surface area contributed by atoms with Crippen molar-refractivity contribution in [3.63, 3.8) is 0 Å². The van der Waals surface area contributed by atoms with Gasteiger partial charge >= 0.3 is 12.1 Å². The van der Waals surface area contributed by atoms with Crippen LogP contribution in [-0.4, -0.2) is 20.9 Å². The van der Waals surface area contributed by atoms with E-state index in [9.17, 15) is 23.1 Å². The van der Waals surface area contributed by atoms with Gasteiger partial charge in [0.2, 0.25) is 0 Å². The molecule has 2 atom stereocenters. The molecule has 0 aliphatic heterocycles. The number of aromatic nitrogens is 2. The van der Waals surface area contributed by atoms with E-state index in [0.29, 0.717) is 33.1 Å². The van der Waals surface area contributed by atoms with Crippen molar-refractivity contribution >= 4 is 40.1 Å². The first-order chi connectivity index (χ1) is 13.1. The minimum Gasteiger partial charge on any atom is -0.481 e. The number of benzene rings is 2. The zero-order valence-corrected chi connectivity index (χ0v) is 15.7. The zero-order chi connectivity index (χ0) is 20.2. The summed E-state index contributed by atoms with van der Waals surface area (Å²) in [5, 5.41) is 15.0. The highest BCUT2D eigenvalue weighted by molar-refractivity contribution is 6.35. The van der Waals surface area contributed by atoms with E-state index < -0.39 is 23.6 Å². The molecule has 2 unspecified atom stereocenters. The van der Waals surface area contributed by atoms with Crippen LogP contribution in [0.2, 0.25) is 10.0 Å². The lowest BCUT2D eigenvalue weighted by Gasteiger charge is -2.09. The van der Waals surface area contributed by atoms with Crippen LogP contribution in [0.3, 0.4) is 0 Å². The van der Waals surface area contributed by atoms with Gasteiger partial charge in [0.1, 0.15) is 0 Å². The largest absolute Gasteiger partial charge is 0.481 e. The van der Waals surface area contributed by atoms with E-state index in [1.807, 2.05) is 0 Å². The zero-order valence-electron chi connectivity index (χ0n) is 14.2. The van der Waals surface area contributed by atoms with Gasteiger partial charge in [0.05, 0.1) is 29.2 Å². The van der Waals surface area contributed by atoms with Gasteiger partial charge in [0.15, 0.2) is 0 Å². The Morgan fingerprint density at radius 3 is 2.57 bits per heavy atom. The topological polar surface area (TPSA) is 55.1 Å². The number of alkyl halides is 3. The molecule has 0 saturated heterocycles. The van der Waals surface area contributed by atoms with Gasteiger partial charge in [-0.25, -0.2) is 0 Å². The molecule has 1 aliphatic carbocycles. The van der Waals surface area contributed by atoms with Crippen molar-refractivity contribution in [2.75, 3.05) is 0 Å². The number of rotatable bonds is 4. The van der Waals surface area contributed by atoms with Gasteiger partial charge in [-0.15, -0.1) is 0 Å². The molecule has 1 saturated carbocycles. The lowest BCUT2D eigenvalue weighted by Crippen LogP contribution is -2.06. The van der Waals surface area contributed by atoms with Crippen LogP contribution in [0.1, 0.15) is 29.2 Å². The maximum absolute atomic E-state index is 13.2. The summed E-state index contributed by atoms with van der Waals surface area (Å²) >= 11 is 12.1. The molecule has 3 aromatic rings. The van der Waals surface area contributed by atoms with Crippen molar-refractivity contribution in [2.24, 2.45) is 5.92 Å². The van der Waals surface area contributed by atoms with Gasteiger partial charge in [-0.2, -0.15) is 18.3 Å². The van der Waals surface area contributed by atoms with Gasteiger partial charge in [0.25, 0.3) is 0 Å². The van der Waals surface area contributed by atoms with Gasteiger partial charge in [-0.3, -0.25) is 9.48 Å². The Balaban J connectivity index is 1.82. The molecule has 1 aromatic heterocycles. The van der Waals surface area contributed by atoms with Crippen LogP contribution in [-0.2, 0) is 17.5 Å². The Morgan fingerprint density at radius 1 is 1.21 bits per heavy atom. The molecule has 4 rings (SSSR count). The van der Waals surface area contributed by atoms with E-state index >= 15 is 0 Å². The van der Waals surface area contributed by atoms with Crippen molar-refractivity contribution in [3.05, 3.63) is 63.3 Å². The first-order valence-electron chi connectivity index (χ1n) is 8.39.